The van der Waals surface area contributed by atoms with E-state index in [1.165, 1.54) is 0 Å². The third-order valence-electron chi connectivity index (χ3n) is 4.85. The number of hydrogen-bond donors (Lipinski definition) is 0. The van der Waals surface area contributed by atoms with E-state index in [2.05, 4.69) is 6.92 Å². The molecule has 2 aliphatic carbocycles. The van der Waals surface area contributed by atoms with Crippen LogP contribution in [0, 0.1) is 17.3 Å². The van der Waals surface area contributed by atoms with Crippen LogP contribution >= 0.6 is 0 Å². The van der Waals surface area contributed by atoms with Crippen molar-refractivity contribution in [2.75, 3.05) is 6.61 Å². The van der Waals surface area contributed by atoms with Crippen molar-refractivity contribution in [1.29, 1.82) is 0 Å². The fourth-order valence-corrected chi connectivity index (χ4v) is 3.98. The number of carbonyl (C=O) groups excluding carboxylic acids is 2. The largest absolute Gasteiger partial charge is 0.466 e. The molecule has 2 aliphatic rings. The van der Waals surface area contributed by atoms with Gasteiger partial charge in [-0.25, -0.2) is 0 Å². The van der Waals surface area contributed by atoms with Crippen molar-refractivity contribution < 1.29 is 14.3 Å². The summed E-state index contributed by atoms with van der Waals surface area (Å²) >= 11 is 0. The molecule has 0 amide bonds. The maximum Gasteiger partial charge on any atom is 0.306 e. The second-order valence-electron chi connectivity index (χ2n) is 6.10. The van der Waals surface area contributed by atoms with Crippen LogP contribution < -0.4 is 0 Å². The highest BCUT2D eigenvalue weighted by Gasteiger charge is 2.47. The monoisotopic (exact) mass is 252 g/mol. The van der Waals surface area contributed by atoms with Gasteiger partial charge in [-0.1, -0.05) is 13.3 Å². The molecule has 0 bridgehead atoms. The van der Waals surface area contributed by atoms with E-state index in [4.69, 9.17) is 4.74 Å². The van der Waals surface area contributed by atoms with Crippen LogP contribution in [0.2, 0.25) is 0 Å². The van der Waals surface area contributed by atoms with E-state index < -0.39 is 0 Å². The van der Waals surface area contributed by atoms with E-state index in [1.54, 1.807) is 0 Å². The van der Waals surface area contributed by atoms with Crippen molar-refractivity contribution in [3.05, 3.63) is 0 Å². The van der Waals surface area contributed by atoms with E-state index in [0.717, 1.165) is 38.5 Å². The van der Waals surface area contributed by atoms with Gasteiger partial charge in [-0.05, 0) is 43.9 Å². The van der Waals surface area contributed by atoms with Crippen molar-refractivity contribution in [3.63, 3.8) is 0 Å². The maximum atomic E-state index is 12.0. The van der Waals surface area contributed by atoms with Gasteiger partial charge in [0.15, 0.2) is 0 Å². The normalized spacial score (nSPS) is 36.0. The Morgan fingerprint density at radius 2 is 2.17 bits per heavy atom. The SMILES string of the molecule is CCOC(=O)C[C@]1(C)CCC[C@H]2C(=O)CCC[C@@H]21. The summed E-state index contributed by atoms with van der Waals surface area (Å²) in [7, 11) is 0. The maximum absolute atomic E-state index is 12.0. The highest BCUT2D eigenvalue weighted by molar-refractivity contribution is 5.82. The van der Waals surface area contributed by atoms with Crippen LogP contribution in [-0.4, -0.2) is 18.4 Å². The Labute approximate surface area is 109 Å². The summed E-state index contributed by atoms with van der Waals surface area (Å²) in [6, 6.07) is 0. The average molecular weight is 252 g/mol. The van der Waals surface area contributed by atoms with Gasteiger partial charge in [0.25, 0.3) is 0 Å². The summed E-state index contributed by atoms with van der Waals surface area (Å²) in [5.74, 6) is 0.948. The zero-order chi connectivity index (χ0) is 13.2. The highest BCUT2D eigenvalue weighted by atomic mass is 16.5. The Hall–Kier alpha value is -0.860. The molecule has 18 heavy (non-hydrogen) atoms. The molecule has 3 heteroatoms. The summed E-state index contributed by atoms with van der Waals surface area (Å²) in [6.45, 7) is 4.47. The lowest BCUT2D eigenvalue weighted by Gasteiger charge is -2.47. The number of Topliss-reactive ketones (excluding diaryl/α,β-unsaturated/α-hetero) is 1. The molecule has 0 aromatic heterocycles. The summed E-state index contributed by atoms with van der Waals surface area (Å²) < 4.78 is 5.09. The molecule has 0 aromatic rings. The standard InChI is InChI=1S/C15H24O3/c1-3-18-14(17)10-15(2)9-5-6-11-12(15)7-4-8-13(11)16/h11-12H,3-10H2,1-2H3/t11-,12+,15+/m1/s1. The lowest BCUT2D eigenvalue weighted by atomic mass is 9.56. The van der Waals surface area contributed by atoms with Gasteiger partial charge in [0.05, 0.1) is 13.0 Å². The molecular weight excluding hydrogens is 228 g/mol. The number of carbonyl (C=O) groups is 2. The topological polar surface area (TPSA) is 43.4 Å². The van der Waals surface area contributed by atoms with Gasteiger partial charge < -0.3 is 4.74 Å². The second kappa shape index (κ2) is 5.41. The minimum atomic E-state index is -0.0985. The van der Waals surface area contributed by atoms with Gasteiger partial charge in [-0.15, -0.1) is 0 Å². The van der Waals surface area contributed by atoms with Crippen LogP contribution in [0.5, 0.6) is 0 Å². The van der Waals surface area contributed by atoms with E-state index >= 15 is 0 Å². The summed E-state index contributed by atoms with van der Waals surface area (Å²) in [6.07, 6.45) is 6.49. The first-order valence-electron chi connectivity index (χ1n) is 7.25. The van der Waals surface area contributed by atoms with Crippen LogP contribution in [0.4, 0.5) is 0 Å². The van der Waals surface area contributed by atoms with Crippen LogP contribution in [0.3, 0.4) is 0 Å². The smallest absolute Gasteiger partial charge is 0.306 e. The van der Waals surface area contributed by atoms with Crippen LogP contribution in [0.1, 0.15) is 58.8 Å². The van der Waals surface area contributed by atoms with Gasteiger partial charge in [-0.2, -0.15) is 0 Å². The first-order chi connectivity index (χ1) is 8.57. The molecular formula is C15H24O3. The molecule has 2 rings (SSSR count). The highest BCUT2D eigenvalue weighted by Crippen LogP contribution is 2.51. The Balaban J connectivity index is 2.10. The average Bonchev–Trinajstić information content (AvgIpc) is 2.31. The molecule has 0 aromatic carbocycles. The van der Waals surface area contributed by atoms with Crippen molar-refractivity contribution in [2.24, 2.45) is 17.3 Å². The molecule has 0 spiro atoms. The molecule has 102 valence electrons. The van der Waals surface area contributed by atoms with Crippen LogP contribution in [-0.2, 0) is 14.3 Å². The Morgan fingerprint density at radius 3 is 2.89 bits per heavy atom. The number of ether oxygens (including phenoxy) is 1. The van der Waals surface area contributed by atoms with Crippen LogP contribution in [0.25, 0.3) is 0 Å². The van der Waals surface area contributed by atoms with Crippen molar-refractivity contribution in [1.82, 2.24) is 0 Å². The van der Waals surface area contributed by atoms with Crippen molar-refractivity contribution >= 4 is 11.8 Å². The molecule has 3 atom stereocenters. The molecule has 2 saturated carbocycles. The molecule has 0 N–H and O–H groups in total. The van der Waals surface area contributed by atoms with Gasteiger partial charge in [0, 0.05) is 12.3 Å². The number of ketones is 1. The van der Waals surface area contributed by atoms with E-state index in [9.17, 15) is 9.59 Å². The van der Waals surface area contributed by atoms with Gasteiger partial charge in [-0.3, -0.25) is 9.59 Å². The first kappa shape index (κ1) is 13.6. The molecule has 0 radical (unpaired) electrons. The fourth-order valence-electron chi connectivity index (χ4n) is 3.98. The molecule has 3 nitrogen and oxygen atoms in total. The predicted octanol–water partition coefficient (Wildman–Crippen LogP) is 3.12. The quantitative estimate of drug-likeness (QED) is 0.725. The van der Waals surface area contributed by atoms with Crippen molar-refractivity contribution in [3.8, 4) is 0 Å². The minimum absolute atomic E-state index is 0.0226. The fraction of sp³-hybridized carbons (Fsp3) is 0.867. The lowest BCUT2D eigenvalue weighted by Crippen LogP contribution is -2.44. The van der Waals surface area contributed by atoms with E-state index in [0.29, 0.717) is 24.7 Å². The lowest BCUT2D eigenvalue weighted by molar-refractivity contribution is -0.150. The van der Waals surface area contributed by atoms with Gasteiger partial charge in [0.1, 0.15) is 5.78 Å². The Bertz CT molecular complexity index is 337. The summed E-state index contributed by atoms with van der Waals surface area (Å²) in [5.41, 5.74) is -0.0226. The molecule has 0 saturated heterocycles. The summed E-state index contributed by atoms with van der Waals surface area (Å²) in [4.78, 5) is 23.8. The Kier molecular flexibility index (Phi) is 4.08. The van der Waals surface area contributed by atoms with Gasteiger partial charge >= 0.3 is 5.97 Å². The zero-order valence-electron chi connectivity index (χ0n) is 11.5. The zero-order valence-corrected chi connectivity index (χ0v) is 11.5. The minimum Gasteiger partial charge on any atom is -0.466 e. The molecule has 2 fully saturated rings. The molecule has 0 unspecified atom stereocenters. The summed E-state index contributed by atoms with van der Waals surface area (Å²) in [5, 5.41) is 0. The van der Waals surface area contributed by atoms with Gasteiger partial charge in [0.2, 0.25) is 0 Å². The third kappa shape index (κ3) is 2.60. The number of hydrogen-bond acceptors (Lipinski definition) is 3. The third-order valence-corrected chi connectivity index (χ3v) is 4.85. The van der Waals surface area contributed by atoms with E-state index in [-0.39, 0.29) is 17.3 Å². The Morgan fingerprint density at radius 1 is 1.39 bits per heavy atom. The second-order valence-corrected chi connectivity index (χ2v) is 6.10. The molecule has 0 heterocycles. The van der Waals surface area contributed by atoms with E-state index in [1.807, 2.05) is 6.92 Å². The molecule has 0 aliphatic heterocycles. The predicted molar refractivity (Wildman–Crippen MR) is 69.0 cm³/mol. The van der Waals surface area contributed by atoms with Crippen molar-refractivity contribution in [2.45, 2.75) is 58.8 Å². The first-order valence-corrected chi connectivity index (χ1v) is 7.25. The number of esters is 1. The number of fused-ring (bicyclic) bond motifs is 1. The van der Waals surface area contributed by atoms with Crippen LogP contribution in [0.15, 0.2) is 0 Å². The number of rotatable bonds is 3.